The van der Waals surface area contributed by atoms with Crippen LogP contribution < -0.4 is 11.1 Å². The first kappa shape index (κ1) is 24.6. The molecule has 1 aromatic heterocycles. The number of carbonyl (C=O) groups excluding carboxylic acids is 2. The van der Waals surface area contributed by atoms with Crippen molar-refractivity contribution in [3.63, 3.8) is 0 Å². The van der Waals surface area contributed by atoms with Crippen molar-refractivity contribution >= 4 is 52.5 Å². The summed E-state index contributed by atoms with van der Waals surface area (Å²) < 4.78 is 28.2. The molecule has 3 aromatic rings. The zero-order chi connectivity index (χ0) is 22.8. The lowest BCUT2D eigenvalue weighted by Gasteiger charge is -2.24. The summed E-state index contributed by atoms with van der Waals surface area (Å²) in [4.78, 5) is 34.9. The van der Waals surface area contributed by atoms with Crippen LogP contribution in [0.5, 0.6) is 0 Å². The minimum atomic E-state index is -1.32. The molecule has 2 heterocycles. The van der Waals surface area contributed by atoms with Gasteiger partial charge in [0, 0.05) is 23.9 Å². The lowest BCUT2D eigenvalue weighted by Crippen LogP contribution is -2.46. The molecule has 33 heavy (non-hydrogen) atoms. The van der Waals surface area contributed by atoms with Crippen LogP contribution in [0.25, 0.3) is 10.9 Å². The lowest BCUT2D eigenvalue weighted by molar-refractivity contribution is -0.138. The van der Waals surface area contributed by atoms with Gasteiger partial charge in [-0.3, -0.25) is 9.59 Å². The van der Waals surface area contributed by atoms with E-state index in [-0.39, 0.29) is 48.9 Å². The summed E-state index contributed by atoms with van der Waals surface area (Å²) >= 11 is 5.76. The topological polar surface area (TPSA) is 101 Å². The number of nitrogen functional groups attached to an aromatic ring is 1. The van der Waals surface area contributed by atoms with Crippen LogP contribution in [0.15, 0.2) is 42.7 Å². The molecule has 2 aromatic carbocycles. The van der Waals surface area contributed by atoms with Crippen molar-refractivity contribution < 1.29 is 18.4 Å². The van der Waals surface area contributed by atoms with Crippen LogP contribution in [-0.2, 0) is 22.6 Å². The highest BCUT2D eigenvalue weighted by Crippen LogP contribution is 2.24. The van der Waals surface area contributed by atoms with Gasteiger partial charge in [0.15, 0.2) is 0 Å². The van der Waals surface area contributed by atoms with Gasteiger partial charge in [-0.25, -0.2) is 18.7 Å². The number of amides is 2. The Kier molecular flexibility index (Phi) is 7.65. The standard InChI is InChI=1S/C22H20ClF2N5O2.ClH/c23-16-3-1-2-13(20(16)25)9-27-22(32)18-8-14(24)10-30(18)19(31)7-12-4-5-17-15(6-12)21(26)29-11-28-17;/h1-6,11,14,18H,7-10H2,(H,27,32)(H2,26,28,29);1H/t14-,18+;/m1./s1. The summed E-state index contributed by atoms with van der Waals surface area (Å²) in [5, 5.41) is 3.13. The lowest BCUT2D eigenvalue weighted by atomic mass is 10.1. The molecule has 1 aliphatic rings. The number of carbonyl (C=O) groups is 2. The number of likely N-dealkylation sites (tertiary alicyclic amines) is 1. The Balaban J connectivity index is 0.00000306. The average Bonchev–Trinajstić information content (AvgIpc) is 3.17. The van der Waals surface area contributed by atoms with Crippen LogP contribution >= 0.6 is 24.0 Å². The normalized spacial score (nSPS) is 17.6. The van der Waals surface area contributed by atoms with E-state index in [0.29, 0.717) is 22.3 Å². The van der Waals surface area contributed by atoms with Crippen LogP contribution in [0.3, 0.4) is 0 Å². The minimum Gasteiger partial charge on any atom is -0.383 e. The van der Waals surface area contributed by atoms with Gasteiger partial charge in [-0.2, -0.15) is 0 Å². The molecule has 3 N–H and O–H groups in total. The summed E-state index contributed by atoms with van der Waals surface area (Å²) in [5.74, 6) is -1.28. The van der Waals surface area contributed by atoms with E-state index < -0.39 is 29.8 Å². The molecule has 11 heteroatoms. The number of hydrogen-bond acceptors (Lipinski definition) is 5. The maximum atomic E-state index is 14.1. The summed E-state index contributed by atoms with van der Waals surface area (Å²) in [6.45, 7) is -0.300. The Morgan fingerprint density at radius 3 is 2.82 bits per heavy atom. The smallest absolute Gasteiger partial charge is 0.243 e. The van der Waals surface area contributed by atoms with E-state index in [2.05, 4.69) is 15.3 Å². The molecule has 0 unspecified atom stereocenters. The van der Waals surface area contributed by atoms with Crippen LogP contribution in [0.1, 0.15) is 17.5 Å². The second-order valence-electron chi connectivity index (χ2n) is 7.61. The van der Waals surface area contributed by atoms with Crippen LogP contribution in [0, 0.1) is 5.82 Å². The van der Waals surface area contributed by atoms with Gasteiger partial charge in [-0.15, -0.1) is 12.4 Å². The number of aromatic nitrogens is 2. The largest absolute Gasteiger partial charge is 0.383 e. The monoisotopic (exact) mass is 495 g/mol. The van der Waals surface area contributed by atoms with Crippen molar-refractivity contribution in [3.05, 3.63) is 64.7 Å². The highest BCUT2D eigenvalue weighted by molar-refractivity contribution is 6.30. The van der Waals surface area contributed by atoms with Crippen LogP contribution in [-0.4, -0.2) is 45.4 Å². The molecule has 0 aliphatic carbocycles. The van der Waals surface area contributed by atoms with Gasteiger partial charge in [-0.05, 0) is 23.8 Å². The number of anilines is 1. The highest BCUT2D eigenvalue weighted by Gasteiger charge is 2.39. The van der Waals surface area contributed by atoms with Crippen molar-refractivity contribution in [2.45, 2.75) is 31.6 Å². The molecule has 174 valence electrons. The van der Waals surface area contributed by atoms with Gasteiger partial charge in [0.2, 0.25) is 11.8 Å². The SMILES string of the molecule is Cl.Nc1ncnc2ccc(CC(=O)N3C[C@H](F)C[C@H]3C(=O)NCc3cccc(Cl)c3F)cc12. The first-order chi connectivity index (χ1) is 15.3. The Labute approximate surface area is 199 Å². The van der Waals surface area contributed by atoms with Gasteiger partial charge in [0.25, 0.3) is 0 Å². The molecule has 0 spiro atoms. The fourth-order valence-corrected chi connectivity index (χ4v) is 4.00. The summed E-state index contributed by atoms with van der Waals surface area (Å²) in [5.41, 5.74) is 7.37. The fourth-order valence-electron chi connectivity index (χ4n) is 3.80. The first-order valence-corrected chi connectivity index (χ1v) is 10.3. The van der Waals surface area contributed by atoms with E-state index in [9.17, 15) is 18.4 Å². The average molecular weight is 496 g/mol. The zero-order valence-electron chi connectivity index (χ0n) is 17.3. The molecule has 4 rings (SSSR count). The van der Waals surface area contributed by atoms with E-state index in [1.54, 1.807) is 24.3 Å². The predicted molar refractivity (Wildman–Crippen MR) is 123 cm³/mol. The van der Waals surface area contributed by atoms with Crippen molar-refractivity contribution in [2.75, 3.05) is 12.3 Å². The first-order valence-electron chi connectivity index (χ1n) is 9.96. The number of rotatable bonds is 5. The van der Waals surface area contributed by atoms with Gasteiger partial charge in [0.1, 0.15) is 30.2 Å². The molecule has 0 bridgehead atoms. The van der Waals surface area contributed by atoms with Gasteiger partial charge >= 0.3 is 0 Å². The van der Waals surface area contributed by atoms with Crippen LogP contribution in [0.4, 0.5) is 14.6 Å². The Morgan fingerprint density at radius 2 is 2.03 bits per heavy atom. The number of benzene rings is 2. The van der Waals surface area contributed by atoms with E-state index >= 15 is 0 Å². The van der Waals surface area contributed by atoms with Crippen molar-refractivity contribution in [1.82, 2.24) is 20.2 Å². The molecule has 0 saturated carbocycles. The number of halogens is 4. The number of nitrogens with one attached hydrogen (secondary N) is 1. The molecule has 2 atom stereocenters. The Bertz CT molecular complexity index is 1200. The molecular formula is C22H21Cl2F2N5O2. The minimum absolute atomic E-state index is 0. The van der Waals surface area contributed by atoms with Gasteiger partial charge in [-0.1, -0.05) is 29.8 Å². The fraction of sp³-hybridized carbons (Fsp3) is 0.273. The van der Waals surface area contributed by atoms with Crippen LogP contribution in [0.2, 0.25) is 5.02 Å². The predicted octanol–water partition coefficient (Wildman–Crippen LogP) is 3.22. The number of alkyl halides is 1. The summed E-state index contributed by atoms with van der Waals surface area (Å²) in [6, 6.07) is 8.65. The number of nitrogens with zero attached hydrogens (tertiary/aromatic N) is 3. The number of fused-ring (bicyclic) bond motifs is 1. The molecule has 1 aliphatic heterocycles. The van der Waals surface area contributed by atoms with Crippen molar-refractivity contribution in [3.8, 4) is 0 Å². The van der Waals surface area contributed by atoms with E-state index in [4.69, 9.17) is 17.3 Å². The number of nitrogens with two attached hydrogens (primary N) is 1. The third-order valence-electron chi connectivity index (χ3n) is 5.44. The second-order valence-corrected chi connectivity index (χ2v) is 8.02. The molecule has 0 radical (unpaired) electrons. The highest BCUT2D eigenvalue weighted by atomic mass is 35.5. The molecule has 2 amide bonds. The van der Waals surface area contributed by atoms with Gasteiger partial charge < -0.3 is 16.0 Å². The molecule has 1 fully saturated rings. The van der Waals surface area contributed by atoms with E-state index in [1.165, 1.54) is 23.4 Å². The third-order valence-corrected chi connectivity index (χ3v) is 5.74. The van der Waals surface area contributed by atoms with Crippen molar-refractivity contribution in [1.29, 1.82) is 0 Å². The third kappa shape index (κ3) is 5.31. The quantitative estimate of drug-likeness (QED) is 0.565. The zero-order valence-corrected chi connectivity index (χ0v) is 18.9. The van der Waals surface area contributed by atoms with Crippen molar-refractivity contribution in [2.24, 2.45) is 0 Å². The molecular weight excluding hydrogens is 475 g/mol. The Morgan fingerprint density at radius 1 is 1.24 bits per heavy atom. The maximum absolute atomic E-state index is 14.1. The van der Waals surface area contributed by atoms with Gasteiger partial charge in [0.05, 0.1) is 23.5 Å². The molecule has 7 nitrogen and oxygen atoms in total. The Hall–Kier alpha value is -3.04. The summed E-state index contributed by atoms with van der Waals surface area (Å²) in [7, 11) is 0. The van der Waals surface area contributed by atoms with E-state index in [1.807, 2.05) is 0 Å². The van der Waals surface area contributed by atoms with E-state index in [0.717, 1.165) is 0 Å². The maximum Gasteiger partial charge on any atom is 0.243 e. The second kappa shape index (κ2) is 10.3. The summed E-state index contributed by atoms with van der Waals surface area (Å²) in [6.07, 6.45) is -0.122. The molecule has 1 saturated heterocycles. The number of hydrogen-bond donors (Lipinski definition) is 2.